The lowest BCUT2D eigenvalue weighted by atomic mass is 10.0. The normalized spacial score (nSPS) is 19.4. The Morgan fingerprint density at radius 1 is 1.00 bits per heavy atom. The molecule has 2 heterocycles. The molecule has 140 valence electrons. The minimum Gasteiger partial charge on any atom is -0.368 e. The van der Waals surface area contributed by atoms with Gasteiger partial charge in [-0.2, -0.15) is 0 Å². The summed E-state index contributed by atoms with van der Waals surface area (Å²) >= 11 is 0. The molecule has 2 atom stereocenters. The number of hydrogen-bond acceptors (Lipinski definition) is 3. The van der Waals surface area contributed by atoms with Crippen molar-refractivity contribution in [3.63, 3.8) is 0 Å². The number of hydrogen-bond donors (Lipinski definition) is 0. The number of aryl methyl sites for hydroxylation is 1. The van der Waals surface area contributed by atoms with E-state index in [-0.39, 0.29) is 0 Å². The van der Waals surface area contributed by atoms with Crippen molar-refractivity contribution in [1.29, 1.82) is 0 Å². The molecule has 0 aliphatic carbocycles. The molecule has 1 aromatic heterocycles. The lowest BCUT2D eigenvalue weighted by molar-refractivity contribution is 0.138. The zero-order valence-corrected chi connectivity index (χ0v) is 16.6. The van der Waals surface area contributed by atoms with E-state index in [1.807, 2.05) is 0 Å². The minimum absolute atomic E-state index is 0.533. The third-order valence-corrected chi connectivity index (χ3v) is 5.81. The van der Waals surface area contributed by atoms with Gasteiger partial charge in [-0.3, -0.25) is 9.88 Å². The molecule has 0 amide bonds. The summed E-state index contributed by atoms with van der Waals surface area (Å²) < 4.78 is 0. The third-order valence-electron chi connectivity index (χ3n) is 5.81. The highest BCUT2D eigenvalue weighted by atomic mass is 15.3. The lowest BCUT2D eigenvalue weighted by Crippen LogP contribution is -2.55. The number of anilines is 1. The number of nitrogens with zero attached hydrogens (tertiary/aromatic N) is 3. The van der Waals surface area contributed by atoms with E-state index in [1.165, 1.54) is 16.6 Å². The van der Waals surface area contributed by atoms with Crippen LogP contribution in [-0.2, 0) is 6.42 Å². The largest absolute Gasteiger partial charge is 0.368 e. The maximum Gasteiger partial charge on any atom is 0.0726 e. The van der Waals surface area contributed by atoms with Crippen LogP contribution in [0.2, 0.25) is 0 Å². The molecule has 1 unspecified atom stereocenters. The summed E-state index contributed by atoms with van der Waals surface area (Å²) in [6, 6.07) is 22.8. The van der Waals surface area contributed by atoms with Gasteiger partial charge in [0.05, 0.1) is 5.52 Å². The molecular formula is C24H29N3. The molecule has 0 bridgehead atoms. The standard InChI is InChI=1S/C24H29N3/c1-18-12-13-22-23(25-18)10-7-11-24(22)26-14-15-27(20(3)17-26)19(2)16-21-8-5-4-6-9-21/h4-13,19-20H,14-17H2,1-3H3/t19?,20-/m1/s1. The van der Waals surface area contributed by atoms with Crippen molar-refractivity contribution < 1.29 is 0 Å². The Morgan fingerprint density at radius 3 is 2.59 bits per heavy atom. The van der Waals surface area contributed by atoms with Crippen molar-refractivity contribution in [2.24, 2.45) is 0 Å². The average molecular weight is 360 g/mol. The van der Waals surface area contributed by atoms with Crippen LogP contribution < -0.4 is 4.90 Å². The summed E-state index contributed by atoms with van der Waals surface area (Å²) in [5, 5.41) is 1.26. The predicted molar refractivity (Wildman–Crippen MR) is 114 cm³/mol. The smallest absolute Gasteiger partial charge is 0.0726 e. The van der Waals surface area contributed by atoms with E-state index in [9.17, 15) is 0 Å². The number of piperazine rings is 1. The van der Waals surface area contributed by atoms with E-state index in [4.69, 9.17) is 4.98 Å². The van der Waals surface area contributed by atoms with E-state index < -0.39 is 0 Å². The van der Waals surface area contributed by atoms with Gasteiger partial charge in [0.2, 0.25) is 0 Å². The number of aromatic nitrogens is 1. The summed E-state index contributed by atoms with van der Waals surface area (Å²) in [5.41, 5.74) is 4.92. The fourth-order valence-corrected chi connectivity index (χ4v) is 4.43. The Hall–Kier alpha value is -2.39. The predicted octanol–water partition coefficient (Wildman–Crippen LogP) is 4.68. The van der Waals surface area contributed by atoms with Crippen LogP contribution >= 0.6 is 0 Å². The van der Waals surface area contributed by atoms with Gasteiger partial charge >= 0.3 is 0 Å². The highest BCUT2D eigenvalue weighted by molar-refractivity contribution is 5.92. The third kappa shape index (κ3) is 3.84. The summed E-state index contributed by atoms with van der Waals surface area (Å²) in [6.07, 6.45) is 1.11. The molecule has 3 aromatic rings. The second kappa shape index (κ2) is 7.69. The topological polar surface area (TPSA) is 19.4 Å². The summed E-state index contributed by atoms with van der Waals surface area (Å²) in [5.74, 6) is 0. The van der Waals surface area contributed by atoms with Crippen molar-refractivity contribution in [2.45, 2.75) is 39.3 Å². The molecule has 3 nitrogen and oxygen atoms in total. The Labute approximate surface area is 162 Å². The minimum atomic E-state index is 0.533. The molecule has 1 fully saturated rings. The quantitative estimate of drug-likeness (QED) is 0.674. The lowest BCUT2D eigenvalue weighted by Gasteiger charge is -2.44. The zero-order valence-electron chi connectivity index (χ0n) is 16.6. The van der Waals surface area contributed by atoms with Crippen LogP contribution in [0.3, 0.4) is 0 Å². The Kier molecular flexibility index (Phi) is 5.13. The fourth-order valence-electron chi connectivity index (χ4n) is 4.43. The number of benzene rings is 2. The first-order chi connectivity index (χ1) is 13.1. The van der Waals surface area contributed by atoms with Crippen molar-refractivity contribution in [3.8, 4) is 0 Å². The van der Waals surface area contributed by atoms with E-state index in [2.05, 4.69) is 91.2 Å². The van der Waals surface area contributed by atoms with Crippen molar-refractivity contribution >= 4 is 16.6 Å². The Balaban J connectivity index is 1.49. The van der Waals surface area contributed by atoms with Crippen LogP contribution in [0.1, 0.15) is 25.1 Å². The zero-order chi connectivity index (χ0) is 18.8. The molecule has 2 aromatic carbocycles. The van der Waals surface area contributed by atoms with Crippen LogP contribution in [0.15, 0.2) is 60.7 Å². The van der Waals surface area contributed by atoms with Gasteiger partial charge in [0.15, 0.2) is 0 Å². The number of pyridine rings is 1. The first-order valence-electron chi connectivity index (χ1n) is 10.0. The molecule has 0 N–H and O–H groups in total. The van der Waals surface area contributed by atoms with Gasteiger partial charge < -0.3 is 4.90 Å². The SMILES string of the molecule is Cc1ccc2c(N3CCN(C(C)Cc4ccccc4)[C@H](C)C3)cccc2n1. The number of rotatable bonds is 4. The van der Waals surface area contributed by atoms with E-state index in [0.29, 0.717) is 12.1 Å². The highest BCUT2D eigenvalue weighted by Crippen LogP contribution is 2.28. The van der Waals surface area contributed by atoms with Crippen LogP contribution in [0.5, 0.6) is 0 Å². The summed E-state index contributed by atoms with van der Waals surface area (Å²) in [6.45, 7) is 10.0. The highest BCUT2D eigenvalue weighted by Gasteiger charge is 2.28. The Bertz CT molecular complexity index is 906. The molecule has 1 aliphatic rings. The van der Waals surface area contributed by atoms with Gasteiger partial charge in [-0.1, -0.05) is 36.4 Å². The van der Waals surface area contributed by atoms with Gasteiger partial charge in [-0.15, -0.1) is 0 Å². The van der Waals surface area contributed by atoms with Gasteiger partial charge in [0.25, 0.3) is 0 Å². The summed E-state index contributed by atoms with van der Waals surface area (Å²) in [7, 11) is 0. The average Bonchev–Trinajstić information content (AvgIpc) is 2.68. The van der Waals surface area contributed by atoms with Crippen LogP contribution in [0, 0.1) is 6.92 Å². The van der Waals surface area contributed by atoms with Crippen LogP contribution in [0.4, 0.5) is 5.69 Å². The molecule has 4 rings (SSSR count). The van der Waals surface area contributed by atoms with Crippen LogP contribution in [0.25, 0.3) is 10.9 Å². The van der Waals surface area contributed by atoms with Crippen LogP contribution in [-0.4, -0.2) is 41.6 Å². The van der Waals surface area contributed by atoms with Gasteiger partial charge in [0.1, 0.15) is 0 Å². The maximum absolute atomic E-state index is 4.70. The van der Waals surface area contributed by atoms with E-state index in [0.717, 1.165) is 37.3 Å². The molecule has 27 heavy (non-hydrogen) atoms. The monoisotopic (exact) mass is 359 g/mol. The van der Waals surface area contributed by atoms with Crippen molar-refractivity contribution in [2.75, 3.05) is 24.5 Å². The van der Waals surface area contributed by atoms with Gasteiger partial charge in [-0.05, 0) is 57.0 Å². The molecule has 0 radical (unpaired) electrons. The molecule has 3 heteroatoms. The van der Waals surface area contributed by atoms with Crippen molar-refractivity contribution in [3.05, 3.63) is 71.9 Å². The molecular weight excluding hydrogens is 330 g/mol. The first-order valence-corrected chi connectivity index (χ1v) is 10.0. The second-order valence-electron chi connectivity index (χ2n) is 7.87. The maximum atomic E-state index is 4.70. The molecule has 0 spiro atoms. The number of fused-ring (bicyclic) bond motifs is 1. The van der Waals surface area contributed by atoms with E-state index >= 15 is 0 Å². The van der Waals surface area contributed by atoms with E-state index in [1.54, 1.807) is 0 Å². The van der Waals surface area contributed by atoms with Gasteiger partial charge in [0, 0.05) is 48.5 Å². The van der Waals surface area contributed by atoms with Gasteiger partial charge in [-0.25, -0.2) is 0 Å². The fraction of sp³-hybridized carbons (Fsp3) is 0.375. The summed E-state index contributed by atoms with van der Waals surface area (Å²) in [4.78, 5) is 9.90. The first kappa shape index (κ1) is 18.0. The van der Waals surface area contributed by atoms with Crippen molar-refractivity contribution in [1.82, 2.24) is 9.88 Å². The molecule has 1 saturated heterocycles. The second-order valence-corrected chi connectivity index (χ2v) is 7.87. The Morgan fingerprint density at radius 2 is 1.81 bits per heavy atom. The molecule has 0 saturated carbocycles. The molecule has 1 aliphatic heterocycles.